The van der Waals surface area contributed by atoms with Crippen LogP contribution in [0.25, 0.3) is 0 Å². The second kappa shape index (κ2) is 7.12. The van der Waals surface area contributed by atoms with E-state index in [4.69, 9.17) is 5.11 Å². The molecular weight excluding hydrogens is 250 g/mol. The van der Waals surface area contributed by atoms with Crippen LogP contribution < -0.4 is 5.32 Å². The molecule has 0 aromatic heterocycles. The fourth-order valence-electron chi connectivity index (χ4n) is 1.53. The van der Waals surface area contributed by atoms with Gasteiger partial charge in [-0.1, -0.05) is 45.6 Å². The number of hydrogen-bond acceptors (Lipinski definition) is 2. The Morgan fingerprint density at radius 1 is 1.40 bits per heavy atom. The molecule has 0 bridgehead atoms. The highest BCUT2D eigenvalue weighted by molar-refractivity contribution is 5.94. The highest BCUT2D eigenvalue weighted by Gasteiger charge is 2.20. The van der Waals surface area contributed by atoms with Crippen molar-refractivity contribution < 1.29 is 9.90 Å². The number of carbonyl (C=O) groups is 1. The number of amides is 1. The van der Waals surface area contributed by atoms with Gasteiger partial charge in [-0.2, -0.15) is 0 Å². The lowest BCUT2D eigenvalue weighted by Crippen LogP contribution is -2.33. The lowest BCUT2D eigenvalue weighted by atomic mass is 9.82. The summed E-state index contributed by atoms with van der Waals surface area (Å²) >= 11 is 0. The van der Waals surface area contributed by atoms with Crippen LogP contribution in [-0.4, -0.2) is 24.2 Å². The number of rotatable bonds is 3. The summed E-state index contributed by atoms with van der Waals surface area (Å²) in [7, 11) is 0. The van der Waals surface area contributed by atoms with Crippen LogP contribution in [0.1, 0.15) is 43.6 Å². The summed E-state index contributed by atoms with van der Waals surface area (Å²) in [6, 6.07) is 7.11. The molecule has 1 aromatic rings. The molecule has 0 radical (unpaired) electrons. The van der Waals surface area contributed by atoms with Crippen molar-refractivity contribution in [2.24, 2.45) is 11.3 Å². The number of carbonyl (C=O) groups excluding carboxylic acids is 1. The second-order valence-electron chi connectivity index (χ2n) is 6.02. The first-order valence-electron chi connectivity index (χ1n) is 6.82. The molecular formula is C17H23NO2. The van der Waals surface area contributed by atoms with Crippen molar-refractivity contribution in [2.75, 3.05) is 13.2 Å². The molecule has 1 aromatic carbocycles. The fourth-order valence-corrected chi connectivity index (χ4v) is 1.53. The van der Waals surface area contributed by atoms with Gasteiger partial charge in [0.15, 0.2) is 0 Å². The first kappa shape index (κ1) is 16.3. The van der Waals surface area contributed by atoms with Crippen LogP contribution in [0.3, 0.4) is 0 Å². The molecule has 1 unspecified atom stereocenters. The molecule has 0 aliphatic rings. The summed E-state index contributed by atoms with van der Waals surface area (Å²) < 4.78 is 0. The number of aliphatic hydroxyl groups excluding tert-OH is 1. The molecule has 2 N–H and O–H groups in total. The molecule has 1 atom stereocenters. The molecule has 0 aliphatic carbocycles. The molecule has 20 heavy (non-hydrogen) atoms. The van der Waals surface area contributed by atoms with Crippen molar-refractivity contribution in [3.05, 3.63) is 35.4 Å². The van der Waals surface area contributed by atoms with Crippen molar-refractivity contribution in [2.45, 2.75) is 27.7 Å². The van der Waals surface area contributed by atoms with Gasteiger partial charge in [0.05, 0.1) is 0 Å². The molecule has 1 rings (SSSR count). The molecule has 0 fully saturated rings. The van der Waals surface area contributed by atoms with E-state index in [1.54, 1.807) is 18.2 Å². The summed E-state index contributed by atoms with van der Waals surface area (Å²) in [5.74, 6) is 5.68. The lowest BCUT2D eigenvalue weighted by Gasteiger charge is -2.27. The van der Waals surface area contributed by atoms with Crippen molar-refractivity contribution in [1.29, 1.82) is 0 Å². The SMILES string of the molecule is CC(CNC(=O)c1cccc(C#CCO)c1)C(C)(C)C. The fraction of sp³-hybridized carbons (Fsp3) is 0.471. The van der Waals surface area contributed by atoms with Crippen LogP contribution >= 0.6 is 0 Å². The largest absolute Gasteiger partial charge is 0.384 e. The van der Waals surface area contributed by atoms with Crippen LogP contribution in [0, 0.1) is 23.2 Å². The quantitative estimate of drug-likeness (QED) is 0.831. The Morgan fingerprint density at radius 3 is 2.70 bits per heavy atom. The molecule has 3 nitrogen and oxygen atoms in total. The standard InChI is InChI=1S/C17H23NO2/c1-13(17(2,3)4)12-18-16(20)15-9-5-7-14(11-15)8-6-10-19/h5,7,9,11,13,19H,10,12H2,1-4H3,(H,18,20). The van der Waals surface area contributed by atoms with Gasteiger partial charge in [-0.25, -0.2) is 0 Å². The van der Waals surface area contributed by atoms with Crippen molar-refractivity contribution in [1.82, 2.24) is 5.32 Å². The Morgan fingerprint density at radius 2 is 2.10 bits per heavy atom. The third-order valence-electron chi connectivity index (χ3n) is 3.48. The predicted octanol–water partition coefficient (Wildman–Crippen LogP) is 2.44. The van der Waals surface area contributed by atoms with Crippen molar-refractivity contribution in [3.63, 3.8) is 0 Å². The van der Waals surface area contributed by atoms with Crippen LogP contribution in [0.2, 0.25) is 0 Å². The first-order valence-corrected chi connectivity index (χ1v) is 6.82. The van der Waals surface area contributed by atoms with E-state index < -0.39 is 0 Å². The van der Waals surface area contributed by atoms with Gasteiger partial charge in [-0.15, -0.1) is 0 Å². The Labute approximate surface area is 121 Å². The lowest BCUT2D eigenvalue weighted by molar-refractivity contribution is 0.0937. The molecule has 1 amide bonds. The number of benzene rings is 1. The molecule has 108 valence electrons. The Bertz CT molecular complexity index is 518. The van der Waals surface area contributed by atoms with E-state index in [0.29, 0.717) is 18.0 Å². The maximum absolute atomic E-state index is 12.1. The monoisotopic (exact) mass is 273 g/mol. The Balaban J connectivity index is 2.69. The minimum absolute atomic E-state index is 0.0891. The van der Waals surface area contributed by atoms with E-state index in [1.165, 1.54) is 0 Å². The third-order valence-corrected chi connectivity index (χ3v) is 3.48. The van der Waals surface area contributed by atoms with Crippen LogP contribution in [0.5, 0.6) is 0 Å². The average molecular weight is 273 g/mol. The van der Waals surface area contributed by atoms with E-state index in [2.05, 4.69) is 44.9 Å². The highest BCUT2D eigenvalue weighted by Crippen LogP contribution is 2.24. The van der Waals surface area contributed by atoms with Crippen LogP contribution in [0.15, 0.2) is 24.3 Å². The molecule has 0 spiro atoms. The zero-order valence-electron chi connectivity index (χ0n) is 12.7. The van der Waals surface area contributed by atoms with E-state index in [1.807, 2.05) is 6.07 Å². The Hall–Kier alpha value is -1.79. The zero-order chi connectivity index (χ0) is 15.2. The highest BCUT2D eigenvalue weighted by atomic mass is 16.2. The van der Waals surface area contributed by atoms with Crippen LogP contribution in [-0.2, 0) is 0 Å². The van der Waals surface area contributed by atoms with E-state index in [0.717, 1.165) is 5.56 Å². The summed E-state index contributed by atoms with van der Waals surface area (Å²) in [6.07, 6.45) is 0. The summed E-state index contributed by atoms with van der Waals surface area (Å²) in [4.78, 5) is 12.1. The third kappa shape index (κ3) is 5.07. The van der Waals surface area contributed by atoms with Crippen molar-refractivity contribution in [3.8, 4) is 11.8 Å². The van der Waals surface area contributed by atoms with Gasteiger partial charge < -0.3 is 10.4 Å². The molecule has 0 saturated heterocycles. The summed E-state index contributed by atoms with van der Waals surface area (Å²) in [5, 5.41) is 11.6. The minimum atomic E-state index is -0.181. The average Bonchev–Trinajstić information content (AvgIpc) is 2.41. The van der Waals surface area contributed by atoms with Crippen LogP contribution in [0.4, 0.5) is 0 Å². The molecule has 3 heteroatoms. The maximum Gasteiger partial charge on any atom is 0.251 e. The zero-order valence-corrected chi connectivity index (χ0v) is 12.7. The van der Waals surface area contributed by atoms with Gasteiger partial charge >= 0.3 is 0 Å². The van der Waals surface area contributed by atoms with Gasteiger partial charge in [-0.3, -0.25) is 4.79 Å². The second-order valence-corrected chi connectivity index (χ2v) is 6.02. The Kier molecular flexibility index (Phi) is 5.79. The number of nitrogens with one attached hydrogen (secondary N) is 1. The smallest absolute Gasteiger partial charge is 0.251 e. The number of hydrogen-bond donors (Lipinski definition) is 2. The van der Waals surface area contributed by atoms with Gasteiger partial charge in [0.2, 0.25) is 0 Å². The summed E-state index contributed by atoms with van der Waals surface area (Å²) in [5.41, 5.74) is 1.49. The summed E-state index contributed by atoms with van der Waals surface area (Å²) in [6.45, 7) is 9.08. The number of aliphatic hydroxyl groups is 1. The van der Waals surface area contributed by atoms with E-state index in [-0.39, 0.29) is 17.9 Å². The van der Waals surface area contributed by atoms with Crippen molar-refractivity contribution >= 4 is 5.91 Å². The first-order chi connectivity index (χ1) is 9.34. The predicted molar refractivity (Wildman–Crippen MR) is 81.4 cm³/mol. The van der Waals surface area contributed by atoms with E-state index >= 15 is 0 Å². The normalized spacial score (nSPS) is 12.2. The molecule has 0 saturated carbocycles. The molecule has 0 aliphatic heterocycles. The topological polar surface area (TPSA) is 49.3 Å². The van der Waals surface area contributed by atoms with Gasteiger partial charge in [0.25, 0.3) is 5.91 Å². The maximum atomic E-state index is 12.1. The van der Waals surface area contributed by atoms with Gasteiger partial charge in [0.1, 0.15) is 6.61 Å². The van der Waals surface area contributed by atoms with E-state index in [9.17, 15) is 4.79 Å². The van der Waals surface area contributed by atoms with Gasteiger partial charge in [-0.05, 0) is 29.5 Å². The molecule has 0 heterocycles. The van der Waals surface area contributed by atoms with Gasteiger partial charge in [0, 0.05) is 17.7 Å². The minimum Gasteiger partial charge on any atom is -0.384 e.